The molecule has 0 saturated heterocycles. The van der Waals surface area contributed by atoms with Crippen LogP contribution in [0.2, 0.25) is 0 Å². The van der Waals surface area contributed by atoms with Crippen LogP contribution in [0, 0.1) is 18.3 Å². The molecule has 2 heterocycles. The fourth-order valence-corrected chi connectivity index (χ4v) is 2.85. The lowest BCUT2D eigenvalue weighted by Crippen LogP contribution is -2.08. The van der Waals surface area contributed by atoms with Gasteiger partial charge in [-0.3, -0.25) is 0 Å². The fourth-order valence-electron chi connectivity index (χ4n) is 2.85. The van der Waals surface area contributed by atoms with Crippen molar-refractivity contribution in [2.24, 2.45) is 7.05 Å². The van der Waals surface area contributed by atoms with Crippen molar-refractivity contribution >= 4 is 11.0 Å². The Labute approximate surface area is 141 Å². The number of rotatable bonds is 5. The lowest BCUT2D eigenvalue weighted by atomic mass is 9.99. The normalized spacial score (nSPS) is 10.9. The molecule has 0 amide bonds. The third-order valence-corrected chi connectivity index (χ3v) is 4.22. The number of nitrogens with one attached hydrogen (secondary N) is 1. The van der Waals surface area contributed by atoms with Gasteiger partial charge >= 0.3 is 0 Å². The van der Waals surface area contributed by atoms with Crippen LogP contribution in [0.1, 0.15) is 23.2 Å². The third-order valence-electron chi connectivity index (χ3n) is 4.22. The van der Waals surface area contributed by atoms with E-state index in [1.165, 1.54) is 11.1 Å². The molecule has 0 unspecified atom stereocenters. The van der Waals surface area contributed by atoms with E-state index in [9.17, 15) is 5.26 Å². The van der Waals surface area contributed by atoms with Gasteiger partial charge in [0.05, 0.1) is 11.2 Å². The van der Waals surface area contributed by atoms with Gasteiger partial charge in [0, 0.05) is 12.6 Å². The minimum Gasteiger partial charge on any atom is -0.320 e. The minimum absolute atomic E-state index is 0.311. The Hall–Kier alpha value is -2.78. The molecule has 3 rings (SSSR count). The first-order chi connectivity index (χ1) is 11.6. The number of fused-ring (bicyclic) bond motifs is 1. The van der Waals surface area contributed by atoms with Gasteiger partial charge in [-0.25, -0.2) is 9.67 Å². The molecule has 6 heteroatoms. The van der Waals surface area contributed by atoms with Gasteiger partial charge in [0.15, 0.2) is 5.69 Å². The second-order valence-electron chi connectivity index (χ2n) is 5.90. The maximum Gasteiger partial charge on any atom is 0.170 e. The first-order valence-corrected chi connectivity index (χ1v) is 7.99. The molecule has 0 aliphatic rings. The number of aryl methyl sites for hydroxylation is 3. The van der Waals surface area contributed by atoms with Crippen molar-refractivity contribution in [2.75, 3.05) is 13.6 Å². The molecule has 3 aromatic rings. The molecule has 1 N–H and O–H groups in total. The predicted molar refractivity (Wildman–Crippen MR) is 93.4 cm³/mol. The summed E-state index contributed by atoms with van der Waals surface area (Å²) >= 11 is 0. The Kier molecular flexibility index (Phi) is 4.54. The molecule has 0 bridgehead atoms. The zero-order valence-electron chi connectivity index (χ0n) is 14.2. The van der Waals surface area contributed by atoms with E-state index in [-0.39, 0.29) is 0 Å². The topological polar surface area (TPSA) is 79.4 Å². The van der Waals surface area contributed by atoms with Gasteiger partial charge < -0.3 is 5.32 Å². The van der Waals surface area contributed by atoms with Crippen LogP contribution in [0.25, 0.3) is 22.3 Å². The molecule has 0 radical (unpaired) electrons. The first-order valence-electron chi connectivity index (χ1n) is 7.99. The van der Waals surface area contributed by atoms with Crippen molar-refractivity contribution in [2.45, 2.75) is 19.8 Å². The van der Waals surface area contributed by atoms with E-state index < -0.39 is 0 Å². The van der Waals surface area contributed by atoms with Crippen LogP contribution in [0.5, 0.6) is 0 Å². The second kappa shape index (κ2) is 6.77. The highest BCUT2D eigenvalue weighted by molar-refractivity contribution is 5.83. The van der Waals surface area contributed by atoms with Gasteiger partial charge in [0.2, 0.25) is 0 Å². The van der Waals surface area contributed by atoms with Crippen molar-refractivity contribution in [1.29, 1.82) is 5.26 Å². The summed E-state index contributed by atoms with van der Waals surface area (Å²) < 4.78 is 1.67. The minimum atomic E-state index is 0.311. The second-order valence-corrected chi connectivity index (χ2v) is 5.90. The lowest BCUT2D eigenvalue weighted by Gasteiger charge is -2.09. The zero-order chi connectivity index (χ0) is 17.1. The standard InChI is InChI=1S/C18H20N6/c1-12-9-14(7-6-13(12)5-4-8-20-2)15-10-17-18(16(11-19)21-15)22-23-24(17)3/h6-7,9-10,20H,4-5,8H2,1-3H3. The summed E-state index contributed by atoms with van der Waals surface area (Å²) in [5.74, 6) is 0. The van der Waals surface area contributed by atoms with E-state index in [1.54, 1.807) is 4.68 Å². The summed E-state index contributed by atoms with van der Waals surface area (Å²) in [6.07, 6.45) is 2.16. The number of hydrogen-bond acceptors (Lipinski definition) is 5. The molecule has 1 aromatic carbocycles. The van der Waals surface area contributed by atoms with Crippen molar-refractivity contribution in [3.8, 4) is 17.3 Å². The molecule has 0 aliphatic heterocycles. The van der Waals surface area contributed by atoms with Crippen LogP contribution in [-0.4, -0.2) is 33.6 Å². The third kappa shape index (κ3) is 2.99. The van der Waals surface area contributed by atoms with Gasteiger partial charge in [-0.2, -0.15) is 5.26 Å². The molecule has 6 nitrogen and oxygen atoms in total. The predicted octanol–water partition coefficient (Wildman–Crippen LogP) is 2.36. The molecule has 0 aliphatic carbocycles. The fraction of sp³-hybridized carbons (Fsp3) is 0.333. The van der Waals surface area contributed by atoms with Gasteiger partial charge in [-0.05, 0) is 56.6 Å². The van der Waals surface area contributed by atoms with E-state index in [1.807, 2.05) is 20.2 Å². The van der Waals surface area contributed by atoms with Crippen molar-refractivity contribution in [3.63, 3.8) is 0 Å². The number of benzene rings is 1. The highest BCUT2D eigenvalue weighted by Gasteiger charge is 2.13. The van der Waals surface area contributed by atoms with Crippen LogP contribution in [0.3, 0.4) is 0 Å². The van der Waals surface area contributed by atoms with Crippen molar-refractivity contribution < 1.29 is 0 Å². The van der Waals surface area contributed by atoms with Crippen LogP contribution >= 0.6 is 0 Å². The van der Waals surface area contributed by atoms with Gasteiger partial charge in [0.1, 0.15) is 11.6 Å². The maximum absolute atomic E-state index is 9.34. The summed E-state index contributed by atoms with van der Waals surface area (Å²) in [6, 6.07) is 10.4. The molecule has 0 fully saturated rings. The largest absolute Gasteiger partial charge is 0.320 e. The van der Waals surface area contributed by atoms with Crippen LogP contribution < -0.4 is 5.32 Å². The van der Waals surface area contributed by atoms with Gasteiger partial charge in [-0.15, -0.1) is 5.10 Å². The Morgan fingerprint density at radius 1 is 1.29 bits per heavy atom. The number of pyridine rings is 1. The summed E-state index contributed by atoms with van der Waals surface area (Å²) in [5, 5.41) is 20.5. The molecule has 0 saturated carbocycles. The highest BCUT2D eigenvalue weighted by Crippen LogP contribution is 2.25. The Balaban J connectivity index is 2.00. The number of hydrogen-bond donors (Lipinski definition) is 1. The monoisotopic (exact) mass is 320 g/mol. The highest BCUT2D eigenvalue weighted by atomic mass is 15.4. The SMILES string of the molecule is CNCCCc1ccc(-c2cc3c(nnn3C)c(C#N)n2)cc1C. The van der Waals surface area contributed by atoms with Gasteiger partial charge in [-0.1, -0.05) is 17.3 Å². The average molecular weight is 320 g/mol. The van der Waals surface area contributed by atoms with Crippen molar-refractivity contribution in [1.82, 2.24) is 25.3 Å². The smallest absolute Gasteiger partial charge is 0.170 e. The molecule has 122 valence electrons. The van der Waals surface area contributed by atoms with Crippen LogP contribution in [0.4, 0.5) is 0 Å². The Morgan fingerprint density at radius 3 is 2.83 bits per heavy atom. The molecule has 0 spiro atoms. The summed E-state index contributed by atoms with van der Waals surface area (Å²) in [5.41, 5.74) is 6.03. The van der Waals surface area contributed by atoms with E-state index in [4.69, 9.17) is 0 Å². The molecule has 2 aromatic heterocycles. The van der Waals surface area contributed by atoms with Gasteiger partial charge in [0.25, 0.3) is 0 Å². The van der Waals surface area contributed by atoms with E-state index in [0.29, 0.717) is 11.2 Å². The van der Waals surface area contributed by atoms with E-state index in [0.717, 1.165) is 36.2 Å². The quantitative estimate of drug-likeness (QED) is 0.730. The van der Waals surface area contributed by atoms with Crippen molar-refractivity contribution in [3.05, 3.63) is 41.1 Å². The molecular weight excluding hydrogens is 300 g/mol. The molecular formula is C18H20N6. The van der Waals surface area contributed by atoms with Crippen LogP contribution in [0.15, 0.2) is 24.3 Å². The number of nitrogens with zero attached hydrogens (tertiary/aromatic N) is 5. The molecule has 24 heavy (non-hydrogen) atoms. The van der Waals surface area contributed by atoms with Crippen LogP contribution in [-0.2, 0) is 13.5 Å². The average Bonchev–Trinajstić information content (AvgIpc) is 2.97. The van der Waals surface area contributed by atoms with E-state index in [2.05, 4.69) is 51.8 Å². The lowest BCUT2D eigenvalue weighted by molar-refractivity contribution is 0.723. The number of nitriles is 1. The molecule has 0 atom stereocenters. The zero-order valence-corrected chi connectivity index (χ0v) is 14.2. The number of aromatic nitrogens is 4. The Bertz CT molecular complexity index is 919. The summed E-state index contributed by atoms with van der Waals surface area (Å²) in [4.78, 5) is 4.46. The summed E-state index contributed by atoms with van der Waals surface area (Å²) in [7, 11) is 3.79. The maximum atomic E-state index is 9.34. The summed E-state index contributed by atoms with van der Waals surface area (Å²) in [6.45, 7) is 3.13. The first kappa shape index (κ1) is 16.1. The van der Waals surface area contributed by atoms with E-state index >= 15 is 0 Å². The Morgan fingerprint density at radius 2 is 2.12 bits per heavy atom.